The monoisotopic (exact) mass is 389 g/mol. The number of thioether (sulfide) groups is 1. The molecule has 1 aromatic heterocycles. The number of hydrogen-bond acceptors (Lipinski definition) is 3. The molecule has 134 valence electrons. The summed E-state index contributed by atoms with van der Waals surface area (Å²) in [5.41, 5.74) is 2.06. The van der Waals surface area contributed by atoms with Crippen LogP contribution >= 0.6 is 19.7 Å². The van der Waals surface area contributed by atoms with Crippen molar-refractivity contribution in [3.63, 3.8) is 0 Å². The van der Waals surface area contributed by atoms with Gasteiger partial charge in [0.1, 0.15) is 5.44 Å². The maximum absolute atomic E-state index is 6.23. The molecule has 0 amide bonds. The molecular weight excluding hydrogens is 369 g/mol. The van der Waals surface area contributed by atoms with Gasteiger partial charge < -0.3 is 4.42 Å². The van der Waals surface area contributed by atoms with Crippen LogP contribution in [-0.2, 0) is 0 Å². The lowest BCUT2D eigenvalue weighted by Gasteiger charge is -2.17. The van der Waals surface area contributed by atoms with Crippen LogP contribution in [0.15, 0.2) is 101 Å². The molecule has 0 unspecified atom stereocenters. The predicted octanol–water partition coefficient (Wildman–Crippen LogP) is 5.21. The number of oxazole rings is 1. The molecule has 0 radical (unpaired) electrons. The average molecular weight is 389 g/mol. The SMILES string of the molecule is CCSc1oc(-c2ccccc2)nc1P(c1ccccc1)c1ccccc1. The van der Waals surface area contributed by atoms with Gasteiger partial charge in [-0.15, -0.1) is 0 Å². The van der Waals surface area contributed by atoms with Crippen LogP contribution in [0.5, 0.6) is 0 Å². The van der Waals surface area contributed by atoms with Crippen molar-refractivity contribution in [2.75, 3.05) is 5.75 Å². The summed E-state index contributed by atoms with van der Waals surface area (Å²) in [5, 5.41) is 3.49. The van der Waals surface area contributed by atoms with Gasteiger partial charge in [0, 0.05) is 13.5 Å². The molecule has 4 aromatic rings. The number of rotatable bonds is 6. The number of hydrogen-bond donors (Lipinski definition) is 0. The van der Waals surface area contributed by atoms with Gasteiger partial charge in [0.2, 0.25) is 5.89 Å². The summed E-state index contributed by atoms with van der Waals surface area (Å²) in [6.45, 7) is 2.15. The summed E-state index contributed by atoms with van der Waals surface area (Å²) in [4.78, 5) is 4.99. The van der Waals surface area contributed by atoms with Crippen LogP contribution in [0.2, 0.25) is 0 Å². The fourth-order valence-corrected chi connectivity index (χ4v) is 6.11. The van der Waals surface area contributed by atoms with Crippen LogP contribution in [-0.4, -0.2) is 10.7 Å². The zero-order chi connectivity index (χ0) is 18.5. The fraction of sp³-hybridized carbons (Fsp3) is 0.0870. The first-order chi connectivity index (χ1) is 13.4. The fourth-order valence-electron chi connectivity index (χ4n) is 2.92. The van der Waals surface area contributed by atoms with Crippen LogP contribution in [0.3, 0.4) is 0 Å². The maximum atomic E-state index is 6.23. The third kappa shape index (κ3) is 4.00. The molecule has 0 fully saturated rings. The summed E-state index contributed by atoms with van der Waals surface area (Å²) in [5.74, 6) is 1.64. The van der Waals surface area contributed by atoms with Crippen LogP contribution in [0.1, 0.15) is 6.92 Å². The van der Waals surface area contributed by atoms with Gasteiger partial charge in [-0.1, -0.05) is 97.5 Å². The molecule has 0 aliphatic rings. The highest BCUT2D eigenvalue weighted by molar-refractivity contribution is 8.00. The van der Waals surface area contributed by atoms with Crippen molar-refractivity contribution in [1.29, 1.82) is 0 Å². The van der Waals surface area contributed by atoms with Gasteiger partial charge in [0.15, 0.2) is 5.09 Å². The smallest absolute Gasteiger partial charge is 0.228 e. The predicted molar refractivity (Wildman–Crippen MR) is 117 cm³/mol. The van der Waals surface area contributed by atoms with Crippen molar-refractivity contribution in [3.05, 3.63) is 91.0 Å². The molecule has 0 bridgehead atoms. The Bertz CT molecular complexity index is 947. The summed E-state index contributed by atoms with van der Waals surface area (Å²) >= 11 is 1.72. The summed E-state index contributed by atoms with van der Waals surface area (Å²) < 4.78 is 6.23. The first-order valence-corrected chi connectivity index (χ1v) is 11.3. The zero-order valence-corrected chi connectivity index (χ0v) is 16.8. The minimum absolute atomic E-state index is 0.695. The minimum Gasteiger partial charge on any atom is -0.429 e. The Balaban J connectivity index is 1.88. The number of aromatic nitrogens is 1. The largest absolute Gasteiger partial charge is 0.429 e. The Labute approximate surface area is 165 Å². The van der Waals surface area contributed by atoms with E-state index in [1.54, 1.807) is 11.8 Å². The zero-order valence-electron chi connectivity index (χ0n) is 15.1. The van der Waals surface area contributed by atoms with Crippen molar-refractivity contribution in [2.45, 2.75) is 12.0 Å². The highest BCUT2D eigenvalue weighted by Crippen LogP contribution is 2.38. The van der Waals surface area contributed by atoms with Gasteiger partial charge in [-0.25, -0.2) is 4.98 Å². The van der Waals surface area contributed by atoms with Crippen LogP contribution < -0.4 is 16.0 Å². The second-order valence-corrected chi connectivity index (χ2v) is 9.30. The van der Waals surface area contributed by atoms with E-state index in [4.69, 9.17) is 9.40 Å². The van der Waals surface area contributed by atoms with Gasteiger partial charge in [0.25, 0.3) is 0 Å². The molecule has 0 atom stereocenters. The summed E-state index contributed by atoms with van der Waals surface area (Å²) in [7, 11) is -0.774. The number of nitrogens with zero attached hydrogens (tertiary/aromatic N) is 1. The van der Waals surface area contributed by atoms with E-state index in [-0.39, 0.29) is 0 Å². The summed E-state index contributed by atoms with van der Waals surface area (Å²) in [6, 6.07) is 31.4. The first-order valence-electron chi connectivity index (χ1n) is 8.96. The Morgan fingerprint density at radius 1 is 0.778 bits per heavy atom. The maximum Gasteiger partial charge on any atom is 0.228 e. The molecule has 1 heterocycles. The molecule has 0 aliphatic carbocycles. The van der Waals surface area contributed by atoms with E-state index in [1.807, 2.05) is 30.3 Å². The van der Waals surface area contributed by atoms with E-state index in [9.17, 15) is 0 Å². The van der Waals surface area contributed by atoms with Gasteiger partial charge in [0.05, 0.1) is 0 Å². The van der Waals surface area contributed by atoms with E-state index in [2.05, 4.69) is 67.6 Å². The van der Waals surface area contributed by atoms with E-state index in [1.165, 1.54) is 10.6 Å². The molecule has 0 saturated carbocycles. The Hall–Kier alpha value is -2.35. The Morgan fingerprint density at radius 2 is 1.30 bits per heavy atom. The van der Waals surface area contributed by atoms with Crippen LogP contribution in [0.4, 0.5) is 0 Å². The topological polar surface area (TPSA) is 26.0 Å². The molecule has 0 N–H and O–H groups in total. The molecule has 0 saturated heterocycles. The highest BCUT2D eigenvalue weighted by Gasteiger charge is 2.25. The second-order valence-electron chi connectivity index (χ2n) is 5.94. The van der Waals surface area contributed by atoms with E-state index in [0.717, 1.165) is 21.8 Å². The third-order valence-electron chi connectivity index (χ3n) is 4.12. The average Bonchev–Trinajstić information content (AvgIpc) is 3.14. The van der Waals surface area contributed by atoms with Crippen molar-refractivity contribution >= 4 is 35.7 Å². The van der Waals surface area contributed by atoms with E-state index >= 15 is 0 Å². The van der Waals surface area contributed by atoms with Gasteiger partial charge in [-0.3, -0.25) is 0 Å². The van der Waals surface area contributed by atoms with Gasteiger partial charge in [-0.2, -0.15) is 0 Å². The quantitative estimate of drug-likeness (QED) is 0.334. The van der Waals surface area contributed by atoms with Crippen molar-refractivity contribution in [1.82, 2.24) is 4.98 Å². The first kappa shape index (κ1) is 18.0. The molecule has 27 heavy (non-hydrogen) atoms. The van der Waals surface area contributed by atoms with Crippen molar-refractivity contribution < 1.29 is 4.42 Å². The third-order valence-corrected chi connectivity index (χ3v) is 7.45. The van der Waals surface area contributed by atoms with Gasteiger partial charge >= 0.3 is 0 Å². The molecule has 2 nitrogen and oxygen atoms in total. The van der Waals surface area contributed by atoms with Crippen molar-refractivity contribution in [3.8, 4) is 11.5 Å². The molecule has 4 heteroatoms. The minimum atomic E-state index is -0.774. The van der Waals surface area contributed by atoms with E-state index < -0.39 is 7.92 Å². The summed E-state index contributed by atoms with van der Waals surface area (Å²) in [6.07, 6.45) is 0. The lowest BCUT2D eigenvalue weighted by molar-refractivity contribution is 0.487. The van der Waals surface area contributed by atoms with Crippen LogP contribution in [0.25, 0.3) is 11.5 Å². The standard InChI is InChI=1S/C23H20NOPS/c1-2-27-23-22(24-21(25-23)18-12-6-3-7-13-18)26(19-14-8-4-9-15-19)20-16-10-5-11-17-20/h3-17H,2H2,1H3. The molecular formula is C23H20NOPS. The second kappa shape index (κ2) is 8.56. The number of benzene rings is 3. The lowest BCUT2D eigenvalue weighted by atomic mass is 10.2. The Morgan fingerprint density at radius 3 is 1.81 bits per heavy atom. The van der Waals surface area contributed by atoms with Crippen LogP contribution in [0, 0.1) is 0 Å². The van der Waals surface area contributed by atoms with Gasteiger partial charge in [-0.05, 0) is 28.5 Å². The van der Waals surface area contributed by atoms with Crippen molar-refractivity contribution in [2.24, 2.45) is 0 Å². The molecule has 3 aromatic carbocycles. The molecule has 0 spiro atoms. The molecule has 4 rings (SSSR count). The highest BCUT2D eigenvalue weighted by atomic mass is 32.2. The molecule has 0 aliphatic heterocycles. The Kier molecular flexibility index (Phi) is 5.72. The lowest BCUT2D eigenvalue weighted by Crippen LogP contribution is -2.22. The normalized spacial score (nSPS) is 11.0. The van der Waals surface area contributed by atoms with E-state index in [0.29, 0.717) is 5.89 Å².